The van der Waals surface area contributed by atoms with Crippen molar-refractivity contribution in [3.05, 3.63) is 33.8 Å². The first kappa shape index (κ1) is 19.5. The normalized spacial score (nSPS) is 20.2. The zero-order valence-corrected chi connectivity index (χ0v) is 15.7. The molecular formula is C16H20Cl2N4O3. The molecule has 1 aliphatic rings. The van der Waals surface area contributed by atoms with Crippen molar-refractivity contribution in [1.82, 2.24) is 20.7 Å². The number of urea groups is 1. The minimum absolute atomic E-state index is 0.0251. The van der Waals surface area contributed by atoms with Crippen LogP contribution in [0, 0.1) is 0 Å². The van der Waals surface area contributed by atoms with E-state index in [2.05, 4.69) is 10.7 Å². The third-order valence-electron chi connectivity index (χ3n) is 4.09. The van der Waals surface area contributed by atoms with Crippen LogP contribution in [0.2, 0.25) is 10.0 Å². The van der Waals surface area contributed by atoms with Crippen molar-refractivity contribution in [3.63, 3.8) is 0 Å². The number of amides is 4. The molecule has 1 aromatic carbocycles. The van der Waals surface area contributed by atoms with Gasteiger partial charge in [-0.25, -0.2) is 4.79 Å². The average Bonchev–Trinajstić information content (AvgIpc) is 2.75. The molecular weight excluding hydrogens is 367 g/mol. The summed E-state index contributed by atoms with van der Waals surface area (Å²) in [4.78, 5) is 38.0. The van der Waals surface area contributed by atoms with Crippen molar-refractivity contribution in [1.29, 1.82) is 0 Å². The summed E-state index contributed by atoms with van der Waals surface area (Å²) >= 11 is 12.1. The van der Waals surface area contributed by atoms with Crippen LogP contribution in [-0.4, -0.2) is 46.9 Å². The van der Waals surface area contributed by atoms with E-state index >= 15 is 0 Å². The molecule has 2 rings (SSSR count). The number of carbonyl (C=O) groups is 3. The molecule has 0 spiro atoms. The van der Waals surface area contributed by atoms with Crippen LogP contribution in [0.25, 0.3) is 0 Å². The van der Waals surface area contributed by atoms with E-state index in [1.165, 1.54) is 0 Å². The molecule has 25 heavy (non-hydrogen) atoms. The molecule has 4 amide bonds. The molecule has 2 N–H and O–H groups in total. The number of hydrazine groups is 1. The van der Waals surface area contributed by atoms with Crippen LogP contribution < -0.4 is 10.7 Å². The molecule has 9 heteroatoms. The summed E-state index contributed by atoms with van der Waals surface area (Å²) in [5.74, 6) is -0.960. The van der Waals surface area contributed by atoms with Crippen molar-refractivity contribution in [3.8, 4) is 0 Å². The van der Waals surface area contributed by atoms with Gasteiger partial charge >= 0.3 is 6.03 Å². The second-order valence-electron chi connectivity index (χ2n) is 6.18. The van der Waals surface area contributed by atoms with E-state index in [4.69, 9.17) is 23.2 Å². The number of likely N-dealkylation sites (N-methyl/N-ethyl adjacent to an activating group) is 1. The number of nitrogens with one attached hydrogen (secondary N) is 2. The molecule has 1 aliphatic heterocycles. The molecule has 1 saturated heterocycles. The number of rotatable bonds is 6. The predicted octanol–water partition coefficient (Wildman–Crippen LogP) is 2.18. The summed E-state index contributed by atoms with van der Waals surface area (Å²) in [7, 11) is 1.72. The smallest absolute Gasteiger partial charge is 0.322 e. The molecule has 0 aromatic heterocycles. The van der Waals surface area contributed by atoms with E-state index in [-0.39, 0.29) is 6.54 Å². The van der Waals surface area contributed by atoms with E-state index in [1.807, 2.05) is 6.07 Å². The van der Waals surface area contributed by atoms with Crippen LogP contribution in [0.1, 0.15) is 25.8 Å². The summed E-state index contributed by atoms with van der Waals surface area (Å²) in [5, 5.41) is 4.17. The maximum absolute atomic E-state index is 12.2. The van der Waals surface area contributed by atoms with Gasteiger partial charge in [0.1, 0.15) is 5.54 Å². The monoisotopic (exact) mass is 386 g/mol. The molecule has 0 aliphatic carbocycles. The van der Waals surface area contributed by atoms with Gasteiger partial charge < -0.3 is 5.32 Å². The summed E-state index contributed by atoms with van der Waals surface area (Å²) in [6.07, 6.45) is 0.428. The van der Waals surface area contributed by atoms with Crippen molar-refractivity contribution in [2.45, 2.75) is 32.4 Å². The van der Waals surface area contributed by atoms with E-state index in [0.717, 1.165) is 10.6 Å². The first-order chi connectivity index (χ1) is 11.7. The van der Waals surface area contributed by atoms with Crippen LogP contribution >= 0.6 is 23.2 Å². The molecule has 7 nitrogen and oxygen atoms in total. The SMILES string of the molecule is CCC1(C)NC(=O)N(NC(=O)CN(C)Cc2cccc(Cl)c2Cl)C1=O. The Morgan fingerprint density at radius 1 is 1.36 bits per heavy atom. The Hall–Kier alpha value is -1.83. The van der Waals surface area contributed by atoms with E-state index in [9.17, 15) is 14.4 Å². The predicted molar refractivity (Wildman–Crippen MR) is 95.0 cm³/mol. The number of nitrogens with zero attached hydrogens (tertiary/aromatic N) is 2. The highest BCUT2D eigenvalue weighted by Gasteiger charge is 2.47. The van der Waals surface area contributed by atoms with Gasteiger partial charge in [0.2, 0.25) is 0 Å². The van der Waals surface area contributed by atoms with E-state index in [0.29, 0.717) is 23.0 Å². The lowest BCUT2D eigenvalue weighted by Gasteiger charge is -2.21. The Balaban J connectivity index is 1.95. The van der Waals surface area contributed by atoms with E-state index < -0.39 is 23.4 Å². The number of carbonyl (C=O) groups excluding carboxylic acids is 3. The minimum Gasteiger partial charge on any atom is -0.322 e. The van der Waals surface area contributed by atoms with Gasteiger partial charge in [-0.1, -0.05) is 42.3 Å². The third kappa shape index (κ3) is 4.23. The van der Waals surface area contributed by atoms with Crippen molar-refractivity contribution in [2.24, 2.45) is 0 Å². The molecule has 136 valence electrons. The Bertz CT molecular complexity index is 713. The Kier molecular flexibility index (Phi) is 5.92. The molecule has 0 saturated carbocycles. The van der Waals surface area contributed by atoms with Gasteiger partial charge in [-0.2, -0.15) is 5.01 Å². The molecule has 1 fully saturated rings. The topological polar surface area (TPSA) is 81.8 Å². The van der Waals surface area contributed by atoms with Gasteiger partial charge in [-0.05, 0) is 32.0 Å². The first-order valence-corrected chi connectivity index (χ1v) is 8.51. The zero-order chi connectivity index (χ0) is 18.8. The highest BCUT2D eigenvalue weighted by Crippen LogP contribution is 2.26. The zero-order valence-electron chi connectivity index (χ0n) is 14.2. The highest BCUT2D eigenvalue weighted by atomic mass is 35.5. The standard InChI is InChI=1S/C16H20Cl2N4O3/c1-4-16(2)14(24)22(15(25)19-16)20-12(23)9-21(3)8-10-6-5-7-11(17)13(10)18/h5-7H,4,8-9H2,1-3H3,(H,19,25)(H,20,23). The maximum Gasteiger partial charge on any atom is 0.344 e. The molecule has 0 radical (unpaired) electrons. The van der Waals surface area contributed by atoms with E-state index in [1.54, 1.807) is 37.9 Å². The number of hydrogen-bond donors (Lipinski definition) is 2. The van der Waals surface area contributed by atoms with Crippen molar-refractivity contribution < 1.29 is 14.4 Å². The summed E-state index contributed by atoms with van der Waals surface area (Å²) in [6.45, 7) is 3.76. The second kappa shape index (κ2) is 7.59. The van der Waals surface area contributed by atoms with Crippen LogP contribution in [-0.2, 0) is 16.1 Å². The Morgan fingerprint density at radius 3 is 2.64 bits per heavy atom. The molecule has 1 atom stereocenters. The van der Waals surface area contributed by atoms with Crippen LogP contribution in [0.3, 0.4) is 0 Å². The maximum atomic E-state index is 12.2. The van der Waals surface area contributed by atoms with Gasteiger partial charge in [0.05, 0.1) is 16.6 Å². The molecule has 1 aromatic rings. The first-order valence-electron chi connectivity index (χ1n) is 7.75. The van der Waals surface area contributed by atoms with Gasteiger partial charge in [0.25, 0.3) is 11.8 Å². The number of hydrogen-bond acceptors (Lipinski definition) is 4. The number of imide groups is 1. The van der Waals surface area contributed by atoms with Crippen LogP contribution in [0.15, 0.2) is 18.2 Å². The van der Waals surface area contributed by atoms with Crippen LogP contribution in [0.5, 0.6) is 0 Å². The fourth-order valence-electron chi connectivity index (χ4n) is 2.45. The molecule has 0 bridgehead atoms. The second-order valence-corrected chi connectivity index (χ2v) is 6.96. The largest absolute Gasteiger partial charge is 0.344 e. The van der Waals surface area contributed by atoms with Gasteiger partial charge in [0.15, 0.2) is 0 Å². The third-order valence-corrected chi connectivity index (χ3v) is 4.95. The number of benzene rings is 1. The lowest BCUT2D eigenvalue weighted by atomic mass is 10.00. The lowest BCUT2D eigenvalue weighted by molar-refractivity contribution is -0.139. The fourth-order valence-corrected chi connectivity index (χ4v) is 2.83. The highest BCUT2D eigenvalue weighted by molar-refractivity contribution is 6.42. The van der Waals surface area contributed by atoms with Crippen LogP contribution in [0.4, 0.5) is 4.79 Å². The Morgan fingerprint density at radius 2 is 2.04 bits per heavy atom. The summed E-state index contributed by atoms with van der Waals surface area (Å²) < 4.78 is 0. The Labute approximate surface area is 156 Å². The minimum atomic E-state index is -0.995. The van der Waals surface area contributed by atoms with Crippen molar-refractivity contribution in [2.75, 3.05) is 13.6 Å². The molecule has 1 heterocycles. The van der Waals surface area contributed by atoms with Gasteiger partial charge in [-0.3, -0.25) is 19.9 Å². The van der Waals surface area contributed by atoms with Gasteiger partial charge in [-0.15, -0.1) is 0 Å². The average molecular weight is 387 g/mol. The fraction of sp³-hybridized carbons (Fsp3) is 0.438. The van der Waals surface area contributed by atoms with Gasteiger partial charge in [0, 0.05) is 6.54 Å². The summed E-state index contributed by atoms with van der Waals surface area (Å²) in [5.41, 5.74) is 2.12. The summed E-state index contributed by atoms with van der Waals surface area (Å²) in [6, 6.07) is 4.63. The number of halogens is 2. The van der Waals surface area contributed by atoms with Crippen molar-refractivity contribution >= 4 is 41.0 Å². The molecule has 1 unspecified atom stereocenters. The lowest BCUT2D eigenvalue weighted by Crippen LogP contribution is -2.50. The quantitative estimate of drug-likeness (QED) is 0.734.